The molecule has 33 heavy (non-hydrogen) atoms. The third-order valence-electron chi connectivity index (χ3n) is 5.87. The van der Waals surface area contributed by atoms with Gasteiger partial charge in [-0.25, -0.2) is 23.8 Å². The van der Waals surface area contributed by atoms with Crippen LogP contribution >= 0.6 is 11.3 Å². The van der Waals surface area contributed by atoms with Gasteiger partial charge in [-0.05, 0) is 30.5 Å². The summed E-state index contributed by atoms with van der Waals surface area (Å²) in [6.45, 7) is 1.51. The van der Waals surface area contributed by atoms with Crippen molar-refractivity contribution in [2.75, 3.05) is 25.0 Å². The number of aromatic nitrogens is 1. The zero-order valence-corrected chi connectivity index (χ0v) is 18.3. The average molecular weight is 475 g/mol. The van der Waals surface area contributed by atoms with E-state index >= 15 is 0 Å². The third kappa shape index (κ3) is 5.55. The topological polar surface area (TPSA) is 118 Å². The van der Waals surface area contributed by atoms with Gasteiger partial charge in [0.25, 0.3) is 0 Å². The van der Waals surface area contributed by atoms with Gasteiger partial charge in [-0.1, -0.05) is 12.1 Å². The molecular weight excluding hydrogens is 453 g/mol. The van der Waals surface area contributed by atoms with Gasteiger partial charge in [-0.3, -0.25) is 10.2 Å². The van der Waals surface area contributed by atoms with E-state index < -0.39 is 24.3 Å². The fraction of sp³-hybridized carbons (Fsp3) is 0.364. The first-order valence-electron chi connectivity index (χ1n) is 10.3. The number of hydrogen-bond donors (Lipinski definition) is 2. The number of carbonyl (C=O) groups excluding carboxylic acids is 2. The molecule has 3 saturated heterocycles. The summed E-state index contributed by atoms with van der Waals surface area (Å²) in [4.78, 5) is 41.7. The molecule has 2 bridgehead atoms. The Balaban J connectivity index is 1.34. The first kappa shape index (κ1) is 22.9. The molecule has 174 valence electrons. The second-order valence-corrected chi connectivity index (χ2v) is 8.90. The van der Waals surface area contributed by atoms with Gasteiger partial charge in [0.1, 0.15) is 5.82 Å². The van der Waals surface area contributed by atoms with E-state index in [1.807, 2.05) is 4.90 Å². The van der Waals surface area contributed by atoms with E-state index in [0.717, 1.165) is 25.0 Å². The molecule has 0 spiro atoms. The number of carbonyl (C=O) groups is 3. The highest BCUT2D eigenvalue weighted by Crippen LogP contribution is 2.44. The number of halogens is 1. The quantitative estimate of drug-likeness (QED) is 0.462. The number of anilines is 1. The maximum atomic E-state index is 13.6. The molecule has 1 aromatic heterocycles. The molecule has 11 heteroatoms. The van der Waals surface area contributed by atoms with E-state index in [-0.39, 0.29) is 17.8 Å². The summed E-state index contributed by atoms with van der Waals surface area (Å²) in [6.07, 6.45) is 2.50. The largest absolute Gasteiger partial charge is 0.478 e. The van der Waals surface area contributed by atoms with Gasteiger partial charge in [0.15, 0.2) is 12.0 Å². The number of piperidine rings is 3. The second kappa shape index (κ2) is 9.67. The number of carboxylic acid groups (broad SMARTS) is 1. The fourth-order valence-corrected chi connectivity index (χ4v) is 4.89. The summed E-state index contributed by atoms with van der Waals surface area (Å²) in [5, 5.41) is 11.3. The van der Waals surface area contributed by atoms with Crippen molar-refractivity contribution in [1.29, 1.82) is 0 Å². The van der Waals surface area contributed by atoms with Crippen LogP contribution < -0.4 is 5.32 Å². The molecule has 5 rings (SSSR count). The van der Waals surface area contributed by atoms with Crippen LogP contribution in [0.1, 0.15) is 19.3 Å². The second-order valence-electron chi connectivity index (χ2n) is 8.04. The summed E-state index contributed by atoms with van der Waals surface area (Å²) < 4.78 is 24.5. The van der Waals surface area contributed by atoms with Crippen molar-refractivity contribution in [2.45, 2.75) is 25.5 Å². The number of carboxylic acids is 1. The predicted molar refractivity (Wildman–Crippen MR) is 117 cm³/mol. The Kier molecular flexibility index (Phi) is 6.70. The maximum absolute atomic E-state index is 13.6. The lowest BCUT2D eigenvalue weighted by molar-refractivity contribution is -0.178. The number of hydrogen-bond acceptors (Lipinski definition) is 8. The Morgan fingerprint density at radius 1 is 1.30 bits per heavy atom. The number of nitrogens with one attached hydrogen (secondary N) is 1. The molecule has 0 radical (unpaired) electrons. The summed E-state index contributed by atoms with van der Waals surface area (Å²) in [5.41, 5.74) is 1.83. The highest BCUT2D eigenvalue weighted by atomic mass is 32.1. The fourth-order valence-electron chi connectivity index (χ4n) is 4.14. The maximum Gasteiger partial charge on any atom is 0.412 e. The van der Waals surface area contributed by atoms with Crippen LogP contribution in [-0.2, 0) is 19.1 Å². The number of fused-ring (bicyclic) bond motifs is 3. The van der Waals surface area contributed by atoms with Crippen molar-refractivity contribution in [3.05, 3.63) is 47.7 Å². The number of esters is 1. The first-order chi connectivity index (χ1) is 15.8. The van der Waals surface area contributed by atoms with Gasteiger partial charge in [-0.15, -0.1) is 11.3 Å². The Bertz CT molecular complexity index is 1080. The minimum atomic E-state index is -1.23. The van der Waals surface area contributed by atoms with Gasteiger partial charge in [0.05, 0.1) is 17.0 Å². The van der Waals surface area contributed by atoms with Crippen LogP contribution in [0, 0.1) is 11.2 Å². The summed E-state index contributed by atoms with van der Waals surface area (Å²) >= 11 is 1.28. The molecular formula is C22H22FN3O6S. The van der Waals surface area contributed by atoms with Crippen LogP contribution in [-0.4, -0.2) is 58.9 Å². The van der Waals surface area contributed by atoms with Crippen LogP contribution in [0.2, 0.25) is 0 Å². The van der Waals surface area contributed by atoms with Crippen LogP contribution in [0.5, 0.6) is 0 Å². The molecule has 1 atom stereocenters. The van der Waals surface area contributed by atoms with Crippen LogP contribution in [0.3, 0.4) is 0 Å². The van der Waals surface area contributed by atoms with Gasteiger partial charge in [-0.2, -0.15) is 0 Å². The number of amides is 1. The lowest BCUT2D eigenvalue weighted by Gasteiger charge is -2.51. The van der Waals surface area contributed by atoms with Crippen LogP contribution in [0.4, 0.5) is 15.0 Å². The van der Waals surface area contributed by atoms with E-state index in [0.29, 0.717) is 35.8 Å². The summed E-state index contributed by atoms with van der Waals surface area (Å²) in [5.74, 6) is -2.04. The average Bonchev–Trinajstić information content (AvgIpc) is 3.25. The van der Waals surface area contributed by atoms with Crippen molar-refractivity contribution < 1.29 is 33.4 Å². The number of thiazole rings is 1. The van der Waals surface area contributed by atoms with Crippen LogP contribution in [0.25, 0.3) is 10.4 Å². The highest BCUT2D eigenvalue weighted by molar-refractivity contribution is 7.13. The molecule has 3 fully saturated rings. The highest BCUT2D eigenvalue weighted by Gasteiger charge is 2.47. The number of rotatable bonds is 7. The van der Waals surface area contributed by atoms with Crippen molar-refractivity contribution in [3.8, 4) is 10.4 Å². The van der Waals surface area contributed by atoms with Gasteiger partial charge in [0.2, 0.25) is 0 Å². The number of ether oxygens (including phenoxy) is 2. The predicted octanol–water partition coefficient (Wildman–Crippen LogP) is 3.49. The smallest absolute Gasteiger partial charge is 0.412 e. The lowest BCUT2D eigenvalue weighted by atomic mass is 9.72. The molecule has 2 aromatic rings. The minimum Gasteiger partial charge on any atom is -0.478 e. The SMILES string of the molecule is O=C(O)/C=C/C(=O)OC1CC2(COC(=O)Nc3ncsc3-c3cccc(F)c3)CCN1CC2. The number of nitrogens with zero attached hydrogens (tertiary/aromatic N) is 2. The molecule has 1 unspecified atom stereocenters. The van der Waals surface area contributed by atoms with Gasteiger partial charge < -0.3 is 14.6 Å². The van der Waals surface area contributed by atoms with E-state index in [2.05, 4.69) is 10.3 Å². The Hall–Kier alpha value is -3.31. The van der Waals surface area contributed by atoms with Gasteiger partial charge >= 0.3 is 18.0 Å². The van der Waals surface area contributed by atoms with Gasteiger partial charge in [0, 0.05) is 37.1 Å². The molecule has 0 aliphatic carbocycles. The number of aliphatic carboxylic acids is 1. The zero-order valence-electron chi connectivity index (χ0n) is 17.5. The molecule has 3 aliphatic heterocycles. The standard InChI is InChI=1S/C22H22FN3O6S/c23-15-3-1-2-14(10-15)19-20(24-13-33-19)25-21(30)31-12-22-6-8-26(9-7-22)16(11-22)32-18(29)5-4-17(27)28/h1-5,10,13,16H,6-9,11-12H2,(H,25,30)(H,27,28)/b5-4+. The molecule has 9 nitrogen and oxygen atoms in total. The van der Waals surface area contributed by atoms with E-state index in [4.69, 9.17) is 14.6 Å². The molecule has 1 amide bonds. The first-order valence-corrected chi connectivity index (χ1v) is 11.2. The van der Waals surface area contributed by atoms with Crippen molar-refractivity contribution in [3.63, 3.8) is 0 Å². The molecule has 2 N–H and O–H groups in total. The summed E-state index contributed by atoms with van der Waals surface area (Å²) in [6, 6.07) is 6.02. The van der Waals surface area contributed by atoms with E-state index in [9.17, 15) is 18.8 Å². The van der Waals surface area contributed by atoms with Crippen molar-refractivity contribution in [2.24, 2.45) is 5.41 Å². The van der Waals surface area contributed by atoms with Crippen molar-refractivity contribution >= 4 is 35.2 Å². The van der Waals surface area contributed by atoms with Crippen molar-refractivity contribution in [1.82, 2.24) is 9.88 Å². The minimum absolute atomic E-state index is 0.144. The zero-order chi connectivity index (χ0) is 23.4. The number of benzene rings is 1. The molecule has 1 aromatic carbocycles. The Labute approximate surface area is 192 Å². The van der Waals surface area contributed by atoms with Crippen LogP contribution in [0.15, 0.2) is 41.9 Å². The Morgan fingerprint density at radius 3 is 2.82 bits per heavy atom. The normalized spacial score (nSPS) is 23.9. The summed E-state index contributed by atoms with van der Waals surface area (Å²) in [7, 11) is 0. The molecule has 4 heterocycles. The Morgan fingerprint density at radius 2 is 2.09 bits per heavy atom. The van der Waals surface area contributed by atoms with E-state index in [1.54, 1.807) is 17.6 Å². The lowest BCUT2D eigenvalue weighted by Crippen LogP contribution is -2.57. The molecule has 0 saturated carbocycles. The monoisotopic (exact) mass is 475 g/mol. The van der Waals surface area contributed by atoms with E-state index in [1.165, 1.54) is 23.5 Å². The molecule has 3 aliphatic rings. The third-order valence-corrected chi connectivity index (χ3v) is 6.75.